The van der Waals surface area contributed by atoms with Crippen molar-refractivity contribution in [3.05, 3.63) is 72.8 Å². The van der Waals surface area contributed by atoms with E-state index in [1.165, 1.54) is 19.2 Å². The molecular formula is C22H19NaO7S2. The normalized spacial score (nSPS) is 10.9. The van der Waals surface area contributed by atoms with E-state index in [1.807, 2.05) is 12.1 Å². The van der Waals surface area contributed by atoms with E-state index in [4.69, 9.17) is 14.0 Å². The summed E-state index contributed by atoms with van der Waals surface area (Å²) in [5.41, 5.74) is 0. The van der Waals surface area contributed by atoms with Crippen molar-refractivity contribution < 1.29 is 60.4 Å². The average Bonchev–Trinajstić information content (AvgIpc) is 2.77. The number of benzene rings is 4. The summed E-state index contributed by atoms with van der Waals surface area (Å²) in [5, 5.41) is 2.59. The van der Waals surface area contributed by atoms with Crippen molar-refractivity contribution in [2.75, 3.05) is 14.2 Å². The molecular weight excluding hydrogens is 463 g/mol. The zero-order valence-corrected chi connectivity index (χ0v) is 21.3. The molecule has 4 rings (SSSR count). The van der Waals surface area contributed by atoms with E-state index in [0.29, 0.717) is 32.6 Å². The first-order valence-electron chi connectivity index (χ1n) is 8.96. The summed E-state index contributed by atoms with van der Waals surface area (Å²) in [6.45, 7) is 0. The molecule has 0 atom stereocenters. The molecule has 32 heavy (non-hydrogen) atoms. The topological polar surface area (TPSA) is 107 Å². The van der Waals surface area contributed by atoms with E-state index in [2.05, 4.69) is 0 Å². The van der Waals surface area contributed by atoms with Crippen LogP contribution in [0.3, 0.4) is 0 Å². The van der Waals surface area contributed by atoms with Crippen LogP contribution in [0.1, 0.15) is 0 Å². The molecule has 0 radical (unpaired) electrons. The van der Waals surface area contributed by atoms with Gasteiger partial charge in [-0.2, -0.15) is 8.42 Å². The number of methoxy groups -OCH3 is 2. The molecule has 0 aliphatic heterocycles. The second-order valence-electron chi connectivity index (χ2n) is 6.33. The van der Waals surface area contributed by atoms with E-state index in [1.54, 1.807) is 55.6 Å². The van der Waals surface area contributed by atoms with Crippen LogP contribution >= 0.6 is 0 Å². The van der Waals surface area contributed by atoms with Crippen molar-refractivity contribution in [2.24, 2.45) is 0 Å². The van der Waals surface area contributed by atoms with E-state index in [-0.39, 0.29) is 34.5 Å². The fourth-order valence-corrected chi connectivity index (χ4v) is 4.45. The Morgan fingerprint density at radius 2 is 1.12 bits per heavy atom. The van der Waals surface area contributed by atoms with Crippen LogP contribution in [0.25, 0.3) is 21.5 Å². The molecule has 1 N–H and O–H groups in total. The van der Waals surface area contributed by atoms with Crippen LogP contribution in [-0.2, 0) is 29.2 Å². The van der Waals surface area contributed by atoms with Crippen molar-refractivity contribution in [1.82, 2.24) is 0 Å². The minimum atomic E-state index is -4.21. The van der Waals surface area contributed by atoms with Gasteiger partial charge in [0.2, 0.25) is 0 Å². The number of ether oxygens (including phenoxy) is 2. The van der Waals surface area contributed by atoms with Crippen LogP contribution in [0.15, 0.2) is 82.6 Å². The van der Waals surface area contributed by atoms with Gasteiger partial charge in [0, 0.05) is 16.2 Å². The van der Waals surface area contributed by atoms with E-state index in [9.17, 15) is 16.8 Å². The third-order valence-electron chi connectivity index (χ3n) is 4.59. The maximum absolute atomic E-state index is 11.2. The Hall–Kier alpha value is -2.14. The molecule has 0 aliphatic carbocycles. The Labute approximate surface area is 210 Å². The van der Waals surface area contributed by atoms with Crippen LogP contribution in [0.4, 0.5) is 0 Å². The smallest absolute Gasteiger partial charge is 0.496 e. The molecule has 0 saturated carbocycles. The zero-order valence-electron chi connectivity index (χ0n) is 17.6. The van der Waals surface area contributed by atoms with Gasteiger partial charge in [0.05, 0.1) is 14.2 Å². The van der Waals surface area contributed by atoms with Gasteiger partial charge in [0.15, 0.2) is 0 Å². The molecule has 0 fully saturated rings. The average molecular weight is 483 g/mol. The minimum Gasteiger partial charge on any atom is -0.496 e. The van der Waals surface area contributed by atoms with Crippen LogP contribution in [0.5, 0.6) is 11.5 Å². The van der Waals surface area contributed by atoms with Gasteiger partial charge < -0.3 is 17.9 Å². The fraction of sp³-hybridized carbons (Fsp3) is 0.0909. The predicted molar refractivity (Wildman–Crippen MR) is 118 cm³/mol. The zero-order chi connectivity index (χ0) is 22.6. The monoisotopic (exact) mass is 482 g/mol. The van der Waals surface area contributed by atoms with Gasteiger partial charge in [-0.15, -0.1) is 0 Å². The van der Waals surface area contributed by atoms with Crippen molar-refractivity contribution in [2.45, 2.75) is 9.79 Å². The maximum Gasteiger partial charge on any atom is 1.00 e. The van der Waals surface area contributed by atoms with Crippen molar-refractivity contribution >= 4 is 42.4 Å². The van der Waals surface area contributed by atoms with Gasteiger partial charge >= 0.3 is 29.6 Å². The standard InChI is InChI=1S/C11H10O4S.C11H9O3S.Na/c1-15-10-6-7-11(16(12,13)14)9-5-3-2-4-8(9)10;1-14-10-6-7-11(15(12)13)9-5-3-2-4-8(9)10;/h2-7H,1H3,(H,12,13,14);2-7H,1H3;/q;-1;+1. The SMILES string of the molecule is COc1ccc(S(=O)(=O)O)c2ccccc12.COc1ccc([S-](=O)=O)c2ccccc12.[Na+]. The van der Waals surface area contributed by atoms with Crippen molar-refractivity contribution in [3.8, 4) is 11.5 Å². The summed E-state index contributed by atoms with van der Waals surface area (Å²) in [5.74, 6) is 1.25. The summed E-state index contributed by atoms with van der Waals surface area (Å²) in [7, 11) is -3.36. The molecule has 0 spiro atoms. The van der Waals surface area contributed by atoms with E-state index in [0.717, 1.165) is 5.39 Å². The second-order valence-corrected chi connectivity index (χ2v) is 8.63. The van der Waals surface area contributed by atoms with Gasteiger partial charge in [0.25, 0.3) is 10.1 Å². The Morgan fingerprint density at radius 1 is 0.688 bits per heavy atom. The third kappa shape index (κ3) is 5.61. The molecule has 162 valence electrons. The Morgan fingerprint density at radius 3 is 1.59 bits per heavy atom. The summed E-state index contributed by atoms with van der Waals surface area (Å²) in [6.07, 6.45) is 0. The largest absolute Gasteiger partial charge is 1.00 e. The minimum absolute atomic E-state index is 0. The number of hydrogen-bond acceptors (Lipinski definition) is 7. The molecule has 0 unspecified atom stereocenters. The number of fused-ring (bicyclic) bond motifs is 2. The molecule has 10 heteroatoms. The molecule has 4 aromatic carbocycles. The van der Waals surface area contributed by atoms with Crippen molar-refractivity contribution in [3.63, 3.8) is 0 Å². The van der Waals surface area contributed by atoms with Crippen LogP contribution in [-0.4, -0.2) is 27.2 Å². The second kappa shape index (κ2) is 11.1. The molecule has 0 amide bonds. The molecule has 0 saturated heterocycles. The maximum atomic E-state index is 11.2. The number of rotatable bonds is 4. The first-order valence-corrected chi connectivity index (χ1v) is 11.5. The van der Waals surface area contributed by atoms with Gasteiger partial charge in [-0.1, -0.05) is 59.5 Å². The van der Waals surface area contributed by atoms with Crippen LogP contribution in [0, 0.1) is 0 Å². The van der Waals surface area contributed by atoms with Gasteiger partial charge in [0.1, 0.15) is 16.4 Å². The van der Waals surface area contributed by atoms with E-state index >= 15 is 0 Å². The molecule has 0 heterocycles. The molecule has 0 aliphatic rings. The summed E-state index contributed by atoms with van der Waals surface area (Å²) in [6, 6.07) is 20.2. The van der Waals surface area contributed by atoms with Crippen LogP contribution < -0.4 is 39.0 Å². The van der Waals surface area contributed by atoms with Crippen LogP contribution in [0.2, 0.25) is 0 Å². The summed E-state index contributed by atoms with van der Waals surface area (Å²) < 4.78 is 63.6. The Bertz CT molecular complexity index is 1420. The van der Waals surface area contributed by atoms with Gasteiger partial charge in [-0.3, -0.25) is 4.55 Å². The summed E-state index contributed by atoms with van der Waals surface area (Å²) >= 11 is 0. The molecule has 7 nitrogen and oxygen atoms in total. The summed E-state index contributed by atoms with van der Waals surface area (Å²) in [4.78, 5) is 0.190. The molecule has 0 bridgehead atoms. The Balaban J connectivity index is 0.000000220. The third-order valence-corrected chi connectivity index (χ3v) is 6.21. The molecule has 4 aromatic rings. The Kier molecular flexibility index (Phi) is 9.08. The quantitative estimate of drug-likeness (QED) is 0.268. The first kappa shape index (κ1) is 26.1. The predicted octanol–water partition coefficient (Wildman–Crippen LogP) is 1.62. The number of hydrogen-bond donors (Lipinski definition) is 1. The van der Waals surface area contributed by atoms with Crippen molar-refractivity contribution in [1.29, 1.82) is 0 Å². The van der Waals surface area contributed by atoms with E-state index < -0.39 is 20.8 Å². The van der Waals surface area contributed by atoms with Gasteiger partial charge in [-0.05, 0) is 34.3 Å². The first-order chi connectivity index (χ1) is 14.8. The molecule has 0 aromatic heterocycles. The van der Waals surface area contributed by atoms with Gasteiger partial charge in [-0.25, -0.2) is 0 Å². The fourth-order valence-electron chi connectivity index (χ4n) is 3.21.